The Morgan fingerprint density at radius 1 is 1.00 bits per heavy atom. The summed E-state index contributed by atoms with van der Waals surface area (Å²) in [6, 6.07) is 11.9. The van der Waals surface area contributed by atoms with Crippen LogP contribution in [-0.2, 0) is 6.42 Å². The normalized spacial score (nSPS) is 10.8. The predicted octanol–water partition coefficient (Wildman–Crippen LogP) is 3.75. The molecule has 0 fully saturated rings. The molecule has 1 aromatic heterocycles. The third-order valence-corrected chi connectivity index (χ3v) is 4.38. The third kappa shape index (κ3) is 2.87. The molecule has 0 atom stereocenters. The Morgan fingerprint density at radius 3 is 2.33 bits per heavy atom. The highest BCUT2D eigenvalue weighted by Gasteiger charge is 2.15. The molecule has 4 nitrogen and oxygen atoms in total. The van der Waals surface area contributed by atoms with Crippen LogP contribution in [0, 0.1) is 13.8 Å². The van der Waals surface area contributed by atoms with E-state index in [1.54, 1.807) is 14.2 Å². The van der Waals surface area contributed by atoms with Gasteiger partial charge in [0.25, 0.3) is 5.56 Å². The molecule has 0 radical (unpaired) electrons. The maximum absolute atomic E-state index is 12.6. The van der Waals surface area contributed by atoms with Crippen molar-refractivity contribution >= 4 is 10.9 Å². The fourth-order valence-electron chi connectivity index (χ4n) is 3.00. The number of aryl methyl sites for hydroxylation is 2. The van der Waals surface area contributed by atoms with E-state index < -0.39 is 0 Å². The number of pyridine rings is 1. The number of methoxy groups -OCH3 is 2. The molecule has 4 heteroatoms. The van der Waals surface area contributed by atoms with Crippen LogP contribution in [0.2, 0.25) is 0 Å². The van der Waals surface area contributed by atoms with E-state index in [2.05, 4.69) is 36.2 Å². The topological polar surface area (TPSA) is 51.3 Å². The highest BCUT2D eigenvalue weighted by atomic mass is 16.5. The molecule has 1 heterocycles. The van der Waals surface area contributed by atoms with E-state index in [4.69, 9.17) is 9.47 Å². The zero-order valence-electron chi connectivity index (χ0n) is 14.4. The van der Waals surface area contributed by atoms with Crippen LogP contribution < -0.4 is 15.0 Å². The monoisotopic (exact) mass is 323 g/mol. The Bertz CT molecular complexity index is 940. The van der Waals surface area contributed by atoms with E-state index in [0.29, 0.717) is 17.9 Å². The van der Waals surface area contributed by atoms with Gasteiger partial charge in [0, 0.05) is 29.5 Å². The van der Waals surface area contributed by atoms with Gasteiger partial charge in [0.2, 0.25) is 0 Å². The highest BCUT2D eigenvalue weighted by molar-refractivity contribution is 5.90. The second kappa shape index (κ2) is 6.40. The van der Waals surface area contributed by atoms with Crippen molar-refractivity contribution in [2.45, 2.75) is 20.3 Å². The molecule has 3 rings (SSSR count). The molecular formula is C20H21NO3. The number of hydrogen-bond donors (Lipinski definition) is 1. The molecule has 0 aliphatic heterocycles. The Balaban J connectivity index is 2.18. The first-order valence-electron chi connectivity index (χ1n) is 7.86. The first kappa shape index (κ1) is 16.1. The first-order valence-corrected chi connectivity index (χ1v) is 7.86. The average molecular weight is 323 g/mol. The van der Waals surface area contributed by atoms with Gasteiger partial charge in [-0.05, 0) is 25.0 Å². The van der Waals surface area contributed by atoms with Crippen LogP contribution >= 0.6 is 0 Å². The number of aromatic nitrogens is 1. The molecule has 0 aliphatic rings. The summed E-state index contributed by atoms with van der Waals surface area (Å²) in [6.07, 6.45) is 0.590. The molecule has 0 bridgehead atoms. The number of fused-ring (bicyclic) bond motifs is 1. The Morgan fingerprint density at radius 2 is 1.71 bits per heavy atom. The number of nitrogens with one attached hydrogen (secondary N) is 1. The molecule has 24 heavy (non-hydrogen) atoms. The van der Waals surface area contributed by atoms with Crippen molar-refractivity contribution in [1.29, 1.82) is 0 Å². The van der Waals surface area contributed by atoms with Crippen LogP contribution in [0.1, 0.15) is 22.3 Å². The summed E-state index contributed by atoms with van der Waals surface area (Å²) in [5.41, 5.74) is 4.67. The van der Waals surface area contributed by atoms with Gasteiger partial charge in [0.15, 0.2) is 0 Å². The van der Waals surface area contributed by atoms with Crippen LogP contribution in [0.25, 0.3) is 10.9 Å². The van der Waals surface area contributed by atoms with E-state index >= 15 is 0 Å². The molecule has 3 aromatic rings. The minimum absolute atomic E-state index is 0.0733. The van der Waals surface area contributed by atoms with Crippen LogP contribution in [0.15, 0.2) is 41.2 Å². The number of aromatic amines is 1. The summed E-state index contributed by atoms with van der Waals surface area (Å²) in [5.74, 6) is 1.35. The number of ether oxygens (including phenoxy) is 2. The molecule has 0 saturated carbocycles. The zero-order chi connectivity index (χ0) is 17.3. The minimum atomic E-state index is -0.0733. The second-order valence-corrected chi connectivity index (χ2v) is 5.97. The van der Waals surface area contributed by atoms with Crippen molar-refractivity contribution in [3.63, 3.8) is 0 Å². The van der Waals surface area contributed by atoms with Crippen LogP contribution in [-0.4, -0.2) is 19.2 Å². The molecule has 0 aliphatic carbocycles. The van der Waals surface area contributed by atoms with E-state index in [-0.39, 0.29) is 5.56 Å². The van der Waals surface area contributed by atoms with Gasteiger partial charge in [-0.25, -0.2) is 0 Å². The van der Waals surface area contributed by atoms with Crippen molar-refractivity contribution in [1.82, 2.24) is 4.98 Å². The van der Waals surface area contributed by atoms with Crippen molar-refractivity contribution in [2.24, 2.45) is 0 Å². The van der Waals surface area contributed by atoms with E-state index in [0.717, 1.165) is 27.6 Å². The van der Waals surface area contributed by atoms with Crippen molar-refractivity contribution in [3.8, 4) is 11.5 Å². The fraction of sp³-hybridized carbons (Fsp3) is 0.250. The van der Waals surface area contributed by atoms with Gasteiger partial charge in [0.1, 0.15) is 11.5 Å². The summed E-state index contributed by atoms with van der Waals surface area (Å²) >= 11 is 0. The lowest BCUT2D eigenvalue weighted by Gasteiger charge is -2.14. The lowest BCUT2D eigenvalue weighted by atomic mass is 9.97. The summed E-state index contributed by atoms with van der Waals surface area (Å²) in [5, 5.41) is 0.917. The fourth-order valence-corrected chi connectivity index (χ4v) is 3.00. The second-order valence-electron chi connectivity index (χ2n) is 5.97. The molecule has 0 saturated heterocycles. The number of rotatable bonds is 4. The maximum atomic E-state index is 12.6. The SMILES string of the molecule is COc1cc(OC)c2c(C)c(Cc3ccc(C)cc3)c(=O)[nH]c2c1. The lowest BCUT2D eigenvalue weighted by Crippen LogP contribution is -2.15. The van der Waals surface area contributed by atoms with Crippen molar-refractivity contribution in [2.75, 3.05) is 14.2 Å². The summed E-state index contributed by atoms with van der Waals surface area (Å²) in [6.45, 7) is 4.02. The summed E-state index contributed by atoms with van der Waals surface area (Å²) < 4.78 is 10.8. The zero-order valence-corrected chi connectivity index (χ0v) is 14.4. The van der Waals surface area contributed by atoms with E-state index in [9.17, 15) is 4.79 Å². The smallest absolute Gasteiger partial charge is 0.252 e. The number of hydrogen-bond acceptors (Lipinski definition) is 3. The minimum Gasteiger partial charge on any atom is -0.497 e. The maximum Gasteiger partial charge on any atom is 0.252 e. The molecule has 1 N–H and O–H groups in total. The molecule has 0 amide bonds. The van der Waals surface area contributed by atoms with Gasteiger partial charge in [-0.1, -0.05) is 29.8 Å². The van der Waals surface area contributed by atoms with Gasteiger partial charge < -0.3 is 14.5 Å². The lowest BCUT2D eigenvalue weighted by molar-refractivity contribution is 0.397. The number of benzene rings is 2. The number of H-pyrrole nitrogens is 1. The van der Waals surface area contributed by atoms with Crippen molar-refractivity contribution in [3.05, 3.63) is 69.0 Å². The largest absolute Gasteiger partial charge is 0.497 e. The molecular weight excluding hydrogens is 302 g/mol. The van der Waals surface area contributed by atoms with Gasteiger partial charge >= 0.3 is 0 Å². The first-order chi connectivity index (χ1) is 11.5. The average Bonchev–Trinajstić information content (AvgIpc) is 2.58. The van der Waals surface area contributed by atoms with Crippen LogP contribution in [0.3, 0.4) is 0 Å². The summed E-state index contributed by atoms with van der Waals surface area (Å²) in [4.78, 5) is 15.6. The van der Waals surface area contributed by atoms with Crippen LogP contribution in [0.4, 0.5) is 0 Å². The Labute approximate surface area is 141 Å². The molecule has 124 valence electrons. The predicted molar refractivity (Wildman–Crippen MR) is 96.4 cm³/mol. The van der Waals surface area contributed by atoms with Crippen molar-refractivity contribution < 1.29 is 9.47 Å². The van der Waals surface area contributed by atoms with Gasteiger partial charge in [-0.3, -0.25) is 4.79 Å². The molecule has 0 spiro atoms. The van der Waals surface area contributed by atoms with E-state index in [1.807, 2.05) is 19.1 Å². The van der Waals surface area contributed by atoms with Gasteiger partial charge in [-0.15, -0.1) is 0 Å². The molecule has 2 aromatic carbocycles. The third-order valence-electron chi connectivity index (χ3n) is 4.38. The summed E-state index contributed by atoms with van der Waals surface area (Å²) in [7, 11) is 3.22. The van der Waals surface area contributed by atoms with Gasteiger partial charge in [0.05, 0.1) is 19.7 Å². The highest BCUT2D eigenvalue weighted by Crippen LogP contribution is 2.33. The standard InChI is InChI=1S/C20H21NO3/c1-12-5-7-14(8-6-12)9-16-13(2)19-17(21-20(16)22)10-15(23-3)11-18(19)24-4/h5-8,10-11H,9H2,1-4H3,(H,21,22). The molecule has 0 unspecified atom stereocenters. The Hall–Kier alpha value is -2.75. The van der Waals surface area contributed by atoms with E-state index in [1.165, 1.54) is 5.56 Å². The van der Waals surface area contributed by atoms with Gasteiger partial charge in [-0.2, -0.15) is 0 Å². The Kier molecular flexibility index (Phi) is 4.30. The quantitative estimate of drug-likeness (QED) is 0.795. The van der Waals surface area contributed by atoms with Crippen LogP contribution in [0.5, 0.6) is 11.5 Å².